The average molecular weight is 375 g/mol. The second-order valence-electron chi connectivity index (χ2n) is 5.93. The van der Waals surface area contributed by atoms with Crippen LogP contribution >= 0.6 is 0 Å². The number of aryl methyl sites for hydroxylation is 1. The molecule has 0 atom stereocenters. The predicted octanol–water partition coefficient (Wildman–Crippen LogP) is 3.77. The van der Waals surface area contributed by atoms with Gasteiger partial charge in [-0.25, -0.2) is 8.78 Å². The molecule has 0 aliphatic rings. The number of hydrogen-bond acceptors (Lipinski definition) is 4. The molecule has 0 aliphatic carbocycles. The van der Waals surface area contributed by atoms with E-state index < -0.39 is 23.0 Å². The number of methoxy groups -OCH3 is 1. The van der Waals surface area contributed by atoms with Crippen LogP contribution in [0.4, 0.5) is 24.8 Å². The molecule has 27 heavy (non-hydrogen) atoms. The van der Waals surface area contributed by atoms with Gasteiger partial charge in [-0.3, -0.25) is 4.79 Å². The van der Waals surface area contributed by atoms with Crippen molar-refractivity contribution < 1.29 is 17.9 Å². The molecule has 0 spiro atoms. The van der Waals surface area contributed by atoms with E-state index in [1.165, 1.54) is 4.57 Å². The molecule has 1 N–H and O–H groups in total. The molecule has 0 saturated heterocycles. The summed E-state index contributed by atoms with van der Waals surface area (Å²) in [6.45, 7) is 1.73. The number of ether oxygens (including phenoxy) is 1. The largest absolute Gasteiger partial charge is 0.497 e. The zero-order chi connectivity index (χ0) is 19.6. The number of rotatable bonds is 5. The first-order valence-electron chi connectivity index (χ1n) is 7.99. The molecular weight excluding hydrogens is 359 g/mol. The smallest absolute Gasteiger partial charge is 0.310 e. The fourth-order valence-electron chi connectivity index (χ4n) is 2.61. The van der Waals surface area contributed by atoms with Crippen molar-refractivity contribution in [3.8, 4) is 5.75 Å². The molecule has 5 nitrogen and oxygen atoms in total. The van der Waals surface area contributed by atoms with Gasteiger partial charge in [0.1, 0.15) is 17.4 Å². The Morgan fingerprint density at radius 2 is 1.81 bits per heavy atom. The van der Waals surface area contributed by atoms with Crippen molar-refractivity contribution in [1.82, 2.24) is 9.55 Å². The Labute approximate surface area is 153 Å². The molecule has 3 rings (SSSR count). The van der Waals surface area contributed by atoms with Crippen LogP contribution in [0.1, 0.15) is 11.1 Å². The number of benzene rings is 2. The van der Waals surface area contributed by atoms with E-state index in [0.29, 0.717) is 11.4 Å². The van der Waals surface area contributed by atoms with E-state index in [4.69, 9.17) is 4.74 Å². The summed E-state index contributed by atoms with van der Waals surface area (Å²) in [7, 11) is 1.54. The Kier molecular flexibility index (Phi) is 5.16. The number of nitrogens with zero attached hydrogens (tertiary/aromatic N) is 2. The second kappa shape index (κ2) is 7.53. The van der Waals surface area contributed by atoms with Crippen molar-refractivity contribution in [1.29, 1.82) is 0 Å². The van der Waals surface area contributed by atoms with Gasteiger partial charge in [0.05, 0.1) is 13.7 Å². The summed E-state index contributed by atoms with van der Waals surface area (Å²) in [5.74, 6) is -1.87. The van der Waals surface area contributed by atoms with E-state index in [9.17, 15) is 18.0 Å². The van der Waals surface area contributed by atoms with Crippen molar-refractivity contribution in [3.63, 3.8) is 0 Å². The van der Waals surface area contributed by atoms with E-state index in [1.807, 2.05) is 6.92 Å². The van der Waals surface area contributed by atoms with Gasteiger partial charge in [-0.05, 0) is 48.4 Å². The lowest BCUT2D eigenvalue weighted by molar-refractivity contribution is 0.414. The predicted molar refractivity (Wildman–Crippen MR) is 94.9 cm³/mol. The summed E-state index contributed by atoms with van der Waals surface area (Å²) in [5.41, 5.74) is 0.641. The van der Waals surface area contributed by atoms with Gasteiger partial charge in [0.2, 0.25) is 11.8 Å². The lowest BCUT2D eigenvalue weighted by Gasteiger charge is -2.16. The quantitative estimate of drug-likeness (QED) is 0.738. The first-order valence-corrected chi connectivity index (χ1v) is 7.99. The zero-order valence-corrected chi connectivity index (χ0v) is 14.6. The summed E-state index contributed by atoms with van der Waals surface area (Å²) in [5, 5.41) is 2.95. The van der Waals surface area contributed by atoms with Gasteiger partial charge in [0.25, 0.3) is 0 Å². The first kappa shape index (κ1) is 18.5. The summed E-state index contributed by atoms with van der Waals surface area (Å²) >= 11 is 0. The second-order valence-corrected chi connectivity index (χ2v) is 5.93. The fourth-order valence-corrected chi connectivity index (χ4v) is 2.61. The molecule has 0 amide bonds. The normalized spacial score (nSPS) is 10.7. The summed E-state index contributed by atoms with van der Waals surface area (Å²) in [6, 6.07) is 8.20. The summed E-state index contributed by atoms with van der Waals surface area (Å²) < 4.78 is 47.0. The highest BCUT2D eigenvalue weighted by molar-refractivity contribution is 5.60. The number of nitrogens with one attached hydrogen (secondary N) is 1. The van der Waals surface area contributed by atoms with Gasteiger partial charge in [-0.2, -0.15) is 9.37 Å². The van der Waals surface area contributed by atoms with Crippen LogP contribution in [0.2, 0.25) is 0 Å². The Morgan fingerprint density at radius 3 is 2.44 bits per heavy atom. The van der Waals surface area contributed by atoms with Crippen molar-refractivity contribution in [2.45, 2.75) is 13.5 Å². The molecule has 1 heterocycles. The minimum atomic E-state index is -1.07. The van der Waals surface area contributed by atoms with Crippen LogP contribution in [0.5, 0.6) is 5.75 Å². The number of aromatic nitrogens is 2. The third-order valence-electron chi connectivity index (χ3n) is 3.91. The zero-order valence-electron chi connectivity index (χ0n) is 14.6. The summed E-state index contributed by atoms with van der Waals surface area (Å²) in [6.07, 6.45) is 0.944. The SMILES string of the molecule is COc1ccc(Nc2nc(=O)c(F)cn2Cc2cc(F)cc(F)c2)c(C)c1. The molecule has 0 bridgehead atoms. The standard InChI is InChI=1S/C19H16F3N3O2/c1-11-5-15(27-2)3-4-17(11)23-19-24-18(26)16(22)10-25(19)9-12-6-13(20)8-14(21)7-12/h3-8,10H,9H2,1-2H3,(H,23,24,26). The first-order chi connectivity index (χ1) is 12.9. The van der Waals surface area contributed by atoms with E-state index >= 15 is 0 Å². The third-order valence-corrected chi connectivity index (χ3v) is 3.91. The van der Waals surface area contributed by atoms with Crippen LogP contribution in [0, 0.1) is 24.4 Å². The molecule has 0 fully saturated rings. The van der Waals surface area contributed by atoms with Crippen molar-refractivity contribution in [3.05, 3.63) is 81.5 Å². The lowest BCUT2D eigenvalue weighted by atomic mass is 10.2. The van der Waals surface area contributed by atoms with Gasteiger partial charge in [0.15, 0.2) is 0 Å². The van der Waals surface area contributed by atoms with E-state index in [1.54, 1.807) is 25.3 Å². The van der Waals surface area contributed by atoms with E-state index in [-0.39, 0.29) is 18.1 Å². The number of anilines is 2. The van der Waals surface area contributed by atoms with Gasteiger partial charge in [-0.15, -0.1) is 0 Å². The molecule has 0 saturated carbocycles. The maximum absolute atomic E-state index is 13.7. The number of halogens is 3. The average Bonchev–Trinajstić information content (AvgIpc) is 2.60. The lowest BCUT2D eigenvalue weighted by Crippen LogP contribution is -2.20. The van der Waals surface area contributed by atoms with Crippen LogP contribution in [-0.2, 0) is 6.54 Å². The molecule has 1 aromatic heterocycles. The molecule has 8 heteroatoms. The summed E-state index contributed by atoms with van der Waals surface area (Å²) in [4.78, 5) is 15.3. The van der Waals surface area contributed by atoms with Gasteiger partial charge in [0, 0.05) is 18.0 Å². The van der Waals surface area contributed by atoms with Crippen LogP contribution in [-0.4, -0.2) is 16.7 Å². The Balaban J connectivity index is 1.99. The van der Waals surface area contributed by atoms with Gasteiger partial charge in [-0.1, -0.05) is 0 Å². The fraction of sp³-hybridized carbons (Fsp3) is 0.158. The van der Waals surface area contributed by atoms with Crippen molar-refractivity contribution in [2.75, 3.05) is 12.4 Å². The monoisotopic (exact) mass is 375 g/mol. The molecule has 0 aliphatic heterocycles. The van der Waals surface area contributed by atoms with Crippen LogP contribution in [0.3, 0.4) is 0 Å². The minimum Gasteiger partial charge on any atom is -0.497 e. The molecule has 2 aromatic carbocycles. The van der Waals surface area contributed by atoms with E-state index in [0.717, 1.165) is 30.0 Å². The molecule has 3 aromatic rings. The number of hydrogen-bond donors (Lipinski definition) is 1. The minimum absolute atomic E-state index is 0.0411. The highest BCUT2D eigenvalue weighted by atomic mass is 19.1. The molecule has 0 radical (unpaired) electrons. The Morgan fingerprint density at radius 1 is 1.11 bits per heavy atom. The van der Waals surface area contributed by atoms with E-state index in [2.05, 4.69) is 10.3 Å². The van der Waals surface area contributed by atoms with Crippen molar-refractivity contribution >= 4 is 11.6 Å². The molecule has 0 unspecified atom stereocenters. The molecular formula is C19H16F3N3O2. The molecule has 140 valence electrons. The maximum Gasteiger partial charge on any atom is 0.310 e. The van der Waals surface area contributed by atoms with Gasteiger partial charge >= 0.3 is 5.56 Å². The highest BCUT2D eigenvalue weighted by Crippen LogP contribution is 2.24. The van der Waals surface area contributed by atoms with Crippen LogP contribution < -0.4 is 15.6 Å². The van der Waals surface area contributed by atoms with Crippen LogP contribution in [0.15, 0.2) is 47.4 Å². The van der Waals surface area contributed by atoms with Crippen molar-refractivity contribution in [2.24, 2.45) is 0 Å². The Hall–Kier alpha value is -3.29. The van der Waals surface area contributed by atoms with Gasteiger partial charge < -0.3 is 14.6 Å². The van der Waals surface area contributed by atoms with Crippen LogP contribution in [0.25, 0.3) is 0 Å². The Bertz CT molecular complexity index is 1030. The third kappa shape index (κ3) is 4.28. The maximum atomic E-state index is 13.7. The highest BCUT2D eigenvalue weighted by Gasteiger charge is 2.12. The topological polar surface area (TPSA) is 56.1 Å².